The lowest BCUT2D eigenvalue weighted by atomic mass is 9.97. The third-order valence-electron chi connectivity index (χ3n) is 10.6. The highest BCUT2D eigenvalue weighted by Crippen LogP contribution is 2.38. The number of aromatic nitrogens is 3. The largest absolute Gasteiger partial charge is 0.456 e. The van der Waals surface area contributed by atoms with Crippen molar-refractivity contribution >= 4 is 43.9 Å². The van der Waals surface area contributed by atoms with Crippen molar-refractivity contribution in [2.24, 2.45) is 0 Å². The van der Waals surface area contributed by atoms with E-state index in [0.29, 0.717) is 17.5 Å². The lowest BCUT2D eigenvalue weighted by Crippen LogP contribution is -2.00. The highest BCUT2D eigenvalue weighted by atomic mass is 16.3. The molecular weight excluding hydrogens is 687 g/mol. The van der Waals surface area contributed by atoms with Gasteiger partial charge in [-0.25, -0.2) is 15.0 Å². The minimum absolute atomic E-state index is 0.598. The van der Waals surface area contributed by atoms with Crippen molar-refractivity contribution in [3.05, 3.63) is 188 Å². The number of fused-ring (bicyclic) bond motifs is 6. The second-order valence-corrected chi connectivity index (χ2v) is 14.0. The van der Waals surface area contributed by atoms with E-state index in [1.807, 2.05) is 66.7 Å². The van der Waals surface area contributed by atoms with Crippen LogP contribution in [0.15, 0.2) is 197 Å². The van der Waals surface area contributed by atoms with Crippen molar-refractivity contribution < 1.29 is 8.83 Å². The molecule has 0 atom stereocenters. The summed E-state index contributed by atoms with van der Waals surface area (Å²) in [7, 11) is 0. The molecule has 0 amide bonds. The first kappa shape index (κ1) is 31.9. The first-order chi connectivity index (χ1) is 27.7. The van der Waals surface area contributed by atoms with E-state index in [2.05, 4.69) is 121 Å². The normalized spacial score (nSPS) is 11.6. The average molecular weight is 718 g/mol. The van der Waals surface area contributed by atoms with E-state index in [9.17, 15) is 0 Å². The molecule has 0 spiro atoms. The number of hydrogen-bond acceptors (Lipinski definition) is 5. The molecule has 11 aromatic rings. The molecule has 0 fully saturated rings. The molecule has 3 heterocycles. The van der Waals surface area contributed by atoms with Crippen LogP contribution in [0.5, 0.6) is 0 Å². The van der Waals surface area contributed by atoms with Crippen molar-refractivity contribution in [1.82, 2.24) is 15.0 Å². The Balaban J connectivity index is 0.944. The Morgan fingerprint density at radius 3 is 1.43 bits per heavy atom. The smallest absolute Gasteiger partial charge is 0.164 e. The Morgan fingerprint density at radius 1 is 0.268 bits per heavy atom. The fourth-order valence-corrected chi connectivity index (χ4v) is 7.76. The SMILES string of the molecule is c1ccc(-c2ccc3c(c2)oc2cc(-c4cccc(-c5ccc(-c6nc(-c7ccccc7)nc(-c7cccc8oc9ccccc9c78)n6)cc5)c4)ccc23)cc1. The van der Waals surface area contributed by atoms with Gasteiger partial charge in [-0.1, -0.05) is 146 Å². The van der Waals surface area contributed by atoms with Crippen LogP contribution in [-0.2, 0) is 0 Å². The minimum Gasteiger partial charge on any atom is -0.456 e. The van der Waals surface area contributed by atoms with Crippen LogP contribution in [-0.4, -0.2) is 15.0 Å². The molecule has 56 heavy (non-hydrogen) atoms. The first-order valence-corrected chi connectivity index (χ1v) is 18.7. The van der Waals surface area contributed by atoms with Crippen LogP contribution < -0.4 is 0 Å². The summed E-state index contributed by atoms with van der Waals surface area (Å²) in [4.78, 5) is 15.1. The molecule has 3 aromatic heterocycles. The molecule has 11 rings (SSSR count). The number of nitrogens with zero attached hydrogens (tertiary/aromatic N) is 3. The van der Waals surface area contributed by atoms with Crippen LogP contribution in [0.3, 0.4) is 0 Å². The zero-order valence-electron chi connectivity index (χ0n) is 30.1. The molecule has 0 unspecified atom stereocenters. The molecule has 0 saturated carbocycles. The summed E-state index contributed by atoms with van der Waals surface area (Å²) in [5, 5.41) is 4.25. The summed E-state index contributed by atoms with van der Waals surface area (Å²) in [5.74, 6) is 1.82. The van der Waals surface area contributed by atoms with Gasteiger partial charge in [0.25, 0.3) is 0 Å². The van der Waals surface area contributed by atoms with E-state index in [4.69, 9.17) is 23.8 Å². The van der Waals surface area contributed by atoms with E-state index < -0.39 is 0 Å². The Kier molecular flexibility index (Phi) is 7.42. The standard InChI is InChI=1S/C51H31N3O2/c1-3-11-32(12-4-1)38-25-27-40-41-28-26-39(31-47(41)56-46(40)30-38)37-16-9-15-36(29-37)33-21-23-35(24-22-33)50-52-49(34-13-5-2-6-14-34)53-51(54-50)43-18-10-20-45-48(43)42-17-7-8-19-44(42)55-45/h1-31H. The molecule has 8 aromatic carbocycles. The molecule has 5 nitrogen and oxygen atoms in total. The number of benzene rings is 8. The van der Waals surface area contributed by atoms with Crippen LogP contribution in [0, 0.1) is 0 Å². The maximum Gasteiger partial charge on any atom is 0.164 e. The van der Waals surface area contributed by atoms with Gasteiger partial charge in [0, 0.05) is 38.2 Å². The van der Waals surface area contributed by atoms with Crippen molar-refractivity contribution in [2.45, 2.75) is 0 Å². The molecular formula is C51H31N3O2. The molecule has 262 valence electrons. The Morgan fingerprint density at radius 2 is 0.714 bits per heavy atom. The maximum absolute atomic E-state index is 6.43. The van der Waals surface area contributed by atoms with Gasteiger partial charge in [0.05, 0.1) is 0 Å². The van der Waals surface area contributed by atoms with Crippen LogP contribution in [0.4, 0.5) is 0 Å². The Labute approximate surface area is 322 Å². The molecule has 0 aliphatic rings. The van der Waals surface area contributed by atoms with Gasteiger partial charge in [-0.15, -0.1) is 0 Å². The van der Waals surface area contributed by atoms with E-state index in [-0.39, 0.29) is 0 Å². The van der Waals surface area contributed by atoms with Gasteiger partial charge in [0.1, 0.15) is 22.3 Å². The predicted molar refractivity (Wildman–Crippen MR) is 227 cm³/mol. The summed E-state index contributed by atoms with van der Waals surface area (Å²) in [6, 6.07) is 64.6. The summed E-state index contributed by atoms with van der Waals surface area (Å²) < 4.78 is 12.6. The summed E-state index contributed by atoms with van der Waals surface area (Å²) in [6.45, 7) is 0. The molecule has 0 aliphatic heterocycles. The number of rotatable bonds is 6. The molecule has 0 N–H and O–H groups in total. The van der Waals surface area contributed by atoms with Gasteiger partial charge in [-0.3, -0.25) is 0 Å². The zero-order valence-corrected chi connectivity index (χ0v) is 30.1. The van der Waals surface area contributed by atoms with E-state index >= 15 is 0 Å². The zero-order chi connectivity index (χ0) is 37.0. The number of hydrogen-bond donors (Lipinski definition) is 0. The minimum atomic E-state index is 0.598. The highest BCUT2D eigenvalue weighted by molar-refractivity contribution is 6.12. The van der Waals surface area contributed by atoms with Crippen LogP contribution in [0.25, 0.3) is 111 Å². The monoisotopic (exact) mass is 717 g/mol. The quantitative estimate of drug-likeness (QED) is 0.171. The molecule has 0 bridgehead atoms. The number of furan rings is 2. The second-order valence-electron chi connectivity index (χ2n) is 14.0. The van der Waals surface area contributed by atoms with Crippen molar-refractivity contribution in [3.8, 4) is 67.5 Å². The van der Waals surface area contributed by atoms with Gasteiger partial charge >= 0.3 is 0 Å². The summed E-state index contributed by atoms with van der Waals surface area (Å²) in [5.41, 5.74) is 12.9. The predicted octanol–water partition coefficient (Wildman–Crippen LogP) is 13.7. The fraction of sp³-hybridized carbons (Fsp3) is 0. The van der Waals surface area contributed by atoms with Crippen molar-refractivity contribution in [2.75, 3.05) is 0 Å². The molecule has 0 saturated heterocycles. The third kappa shape index (κ3) is 5.53. The second kappa shape index (κ2) is 13.0. The lowest BCUT2D eigenvalue weighted by Gasteiger charge is -2.10. The average Bonchev–Trinajstić information content (AvgIpc) is 3.85. The van der Waals surface area contributed by atoms with E-state index in [1.54, 1.807) is 0 Å². The Bertz CT molecular complexity index is 3240. The fourth-order valence-electron chi connectivity index (χ4n) is 7.76. The van der Waals surface area contributed by atoms with Gasteiger partial charge in [0.15, 0.2) is 17.5 Å². The van der Waals surface area contributed by atoms with Crippen LogP contribution in [0.2, 0.25) is 0 Å². The summed E-state index contributed by atoms with van der Waals surface area (Å²) >= 11 is 0. The lowest BCUT2D eigenvalue weighted by molar-refractivity contribution is 0.668. The topological polar surface area (TPSA) is 65.0 Å². The van der Waals surface area contributed by atoms with Gasteiger partial charge in [-0.2, -0.15) is 0 Å². The third-order valence-corrected chi connectivity index (χ3v) is 10.6. The highest BCUT2D eigenvalue weighted by Gasteiger charge is 2.18. The van der Waals surface area contributed by atoms with Crippen molar-refractivity contribution in [3.63, 3.8) is 0 Å². The first-order valence-electron chi connectivity index (χ1n) is 18.7. The van der Waals surface area contributed by atoms with E-state index in [1.165, 1.54) is 5.56 Å². The van der Waals surface area contributed by atoms with Gasteiger partial charge in [0.2, 0.25) is 0 Å². The number of para-hydroxylation sites is 1. The molecule has 5 heteroatoms. The van der Waals surface area contributed by atoms with Crippen LogP contribution in [0.1, 0.15) is 0 Å². The van der Waals surface area contributed by atoms with Gasteiger partial charge < -0.3 is 8.83 Å². The Hall–Kier alpha value is -7.63. The van der Waals surface area contributed by atoms with Gasteiger partial charge in [-0.05, 0) is 75.8 Å². The maximum atomic E-state index is 6.43. The molecule has 0 radical (unpaired) electrons. The van der Waals surface area contributed by atoms with Crippen LogP contribution >= 0.6 is 0 Å². The summed E-state index contributed by atoms with van der Waals surface area (Å²) in [6.07, 6.45) is 0. The van der Waals surface area contributed by atoms with E-state index in [0.717, 1.165) is 88.4 Å². The molecule has 0 aliphatic carbocycles. The van der Waals surface area contributed by atoms with Crippen molar-refractivity contribution in [1.29, 1.82) is 0 Å².